The van der Waals surface area contributed by atoms with Crippen LogP contribution in [-0.4, -0.2) is 49.9 Å². The van der Waals surface area contributed by atoms with Gasteiger partial charge in [-0.15, -0.1) is 0 Å². The number of rotatable bonds is 5. The van der Waals surface area contributed by atoms with Crippen LogP contribution in [0, 0.1) is 18.7 Å². The highest BCUT2D eigenvalue weighted by Gasteiger charge is 2.34. The molecule has 1 amide bonds. The molecule has 3 heterocycles. The number of aromatic nitrogens is 4. The molecule has 1 aliphatic rings. The number of fused-ring (bicyclic) bond motifs is 1. The van der Waals surface area contributed by atoms with E-state index in [1.54, 1.807) is 31.2 Å². The van der Waals surface area contributed by atoms with E-state index in [0.29, 0.717) is 52.0 Å². The third kappa shape index (κ3) is 4.23. The van der Waals surface area contributed by atoms with E-state index in [1.807, 2.05) is 4.90 Å². The van der Waals surface area contributed by atoms with Gasteiger partial charge in [0.15, 0.2) is 5.58 Å². The Hall–Kier alpha value is -3.46. The molecule has 2 atom stereocenters. The van der Waals surface area contributed by atoms with E-state index in [1.165, 1.54) is 23.3 Å². The minimum atomic E-state index is -0.412. The number of likely N-dealkylation sites (tertiary alicyclic amines) is 1. The average molecular weight is 483 g/mol. The van der Waals surface area contributed by atoms with E-state index in [-0.39, 0.29) is 17.9 Å². The first kappa shape index (κ1) is 22.3. The van der Waals surface area contributed by atoms with Gasteiger partial charge in [-0.25, -0.2) is 4.39 Å². The Morgan fingerprint density at radius 2 is 2.06 bits per heavy atom. The zero-order valence-electron chi connectivity index (χ0n) is 18.8. The molecule has 8 nitrogen and oxygen atoms in total. The number of carbonyl (C=O) groups is 1. The van der Waals surface area contributed by atoms with Crippen LogP contribution in [0.25, 0.3) is 16.8 Å². The highest BCUT2D eigenvalue weighted by molar-refractivity contribution is 6.31. The van der Waals surface area contributed by atoms with Crippen molar-refractivity contribution in [1.82, 2.24) is 24.9 Å². The Labute approximate surface area is 200 Å². The van der Waals surface area contributed by atoms with Crippen LogP contribution in [0.2, 0.25) is 5.02 Å². The fourth-order valence-electron chi connectivity index (χ4n) is 4.48. The number of aryl methyl sites for hydroxylation is 1. The monoisotopic (exact) mass is 482 g/mol. The molecule has 2 aromatic carbocycles. The number of benzene rings is 2. The zero-order valence-corrected chi connectivity index (χ0v) is 19.6. The van der Waals surface area contributed by atoms with Crippen LogP contribution in [0.4, 0.5) is 10.4 Å². The molecule has 176 valence electrons. The number of oxazole rings is 1. The maximum Gasteiger partial charge on any atom is 0.295 e. The SMILES string of the molecule is Cc1cc(C(=O)N2CCC[C@@H](C)[C@H]2CNc2nc3cc(Cl)ccc3o2)c(-n2nccn2)cc1F. The summed E-state index contributed by atoms with van der Waals surface area (Å²) in [5, 5.41) is 12.0. The van der Waals surface area contributed by atoms with Crippen LogP contribution in [0.5, 0.6) is 0 Å². The Morgan fingerprint density at radius 3 is 2.85 bits per heavy atom. The van der Waals surface area contributed by atoms with Gasteiger partial charge in [0.05, 0.1) is 24.0 Å². The molecular weight excluding hydrogens is 459 g/mol. The number of piperidine rings is 1. The molecule has 1 N–H and O–H groups in total. The van der Waals surface area contributed by atoms with Crippen LogP contribution < -0.4 is 5.32 Å². The van der Waals surface area contributed by atoms with Gasteiger partial charge in [0.1, 0.15) is 17.0 Å². The third-order valence-corrected chi connectivity index (χ3v) is 6.57. The van der Waals surface area contributed by atoms with Gasteiger partial charge in [0.2, 0.25) is 0 Å². The Kier molecular flexibility index (Phi) is 5.95. The maximum absolute atomic E-state index is 14.4. The van der Waals surface area contributed by atoms with Gasteiger partial charge in [-0.05, 0) is 55.5 Å². The minimum Gasteiger partial charge on any atom is -0.424 e. The third-order valence-electron chi connectivity index (χ3n) is 6.33. The molecule has 1 aliphatic heterocycles. The Bertz CT molecular complexity index is 1340. The summed E-state index contributed by atoms with van der Waals surface area (Å²) in [6.07, 6.45) is 4.88. The van der Waals surface area contributed by atoms with Crippen molar-refractivity contribution in [2.24, 2.45) is 5.92 Å². The standard InChI is InChI=1S/C24H24ClFN6O2/c1-14-4-3-9-31(21(14)13-27-24-30-19-11-16(25)5-6-22(19)34-24)23(33)17-10-15(2)18(26)12-20(17)32-28-7-8-29-32/h5-8,10-12,14,21H,3-4,9,13H2,1-2H3,(H,27,30)/t14-,21-/m1/s1. The van der Waals surface area contributed by atoms with E-state index < -0.39 is 5.82 Å². The van der Waals surface area contributed by atoms with E-state index in [0.717, 1.165) is 12.8 Å². The van der Waals surface area contributed by atoms with Crippen molar-refractivity contribution in [3.05, 3.63) is 64.7 Å². The Morgan fingerprint density at radius 1 is 1.26 bits per heavy atom. The zero-order chi connectivity index (χ0) is 23.8. The molecule has 0 spiro atoms. The van der Waals surface area contributed by atoms with Gasteiger partial charge in [-0.2, -0.15) is 20.0 Å². The molecule has 1 fully saturated rings. The molecule has 0 bridgehead atoms. The van der Waals surface area contributed by atoms with Crippen LogP contribution >= 0.6 is 11.6 Å². The summed E-state index contributed by atoms with van der Waals surface area (Å²) < 4.78 is 20.2. The number of carbonyl (C=O) groups excluding carboxylic acids is 1. The molecule has 10 heteroatoms. The second-order valence-electron chi connectivity index (χ2n) is 8.63. The lowest BCUT2D eigenvalue weighted by atomic mass is 9.90. The number of amides is 1. The summed E-state index contributed by atoms with van der Waals surface area (Å²) in [4.78, 5) is 21.4. The molecule has 0 aliphatic carbocycles. The van der Waals surface area contributed by atoms with Gasteiger partial charge < -0.3 is 14.6 Å². The number of nitrogens with one attached hydrogen (secondary N) is 1. The highest BCUT2D eigenvalue weighted by atomic mass is 35.5. The van der Waals surface area contributed by atoms with Gasteiger partial charge in [-0.1, -0.05) is 18.5 Å². The number of hydrogen-bond donors (Lipinski definition) is 1. The Balaban J connectivity index is 1.42. The average Bonchev–Trinajstić information content (AvgIpc) is 3.49. The lowest BCUT2D eigenvalue weighted by Gasteiger charge is -2.40. The number of halogens is 2. The topological polar surface area (TPSA) is 89.1 Å². The summed E-state index contributed by atoms with van der Waals surface area (Å²) in [6, 6.07) is 8.42. The largest absolute Gasteiger partial charge is 0.424 e. The first-order valence-corrected chi connectivity index (χ1v) is 11.6. The van der Waals surface area contributed by atoms with Crippen LogP contribution in [0.3, 0.4) is 0 Å². The summed E-state index contributed by atoms with van der Waals surface area (Å²) in [7, 11) is 0. The van der Waals surface area contributed by atoms with Gasteiger partial charge in [0, 0.05) is 24.2 Å². The smallest absolute Gasteiger partial charge is 0.295 e. The van der Waals surface area contributed by atoms with Crippen molar-refractivity contribution in [2.45, 2.75) is 32.7 Å². The summed E-state index contributed by atoms with van der Waals surface area (Å²) in [6.45, 7) is 4.83. The first-order chi connectivity index (χ1) is 16.4. The number of hydrogen-bond acceptors (Lipinski definition) is 6. The molecule has 0 unspecified atom stereocenters. The molecule has 1 saturated heterocycles. The molecule has 5 rings (SSSR count). The first-order valence-electron chi connectivity index (χ1n) is 11.2. The molecule has 2 aromatic heterocycles. The van der Waals surface area contributed by atoms with Crippen LogP contribution in [0.1, 0.15) is 35.7 Å². The van der Waals surface area contributed by atoms with Crippen molar-refractivity contribution in [3.63, 3.8) is 0 Å². The fraction of sp³-hybridized carbons (Fsp3) is 0.333. The van der Waals surface area contributed by atoms with Crippen molar-refractivity contribution < 1.29 is 13.6 Å². The number of nitrogens with zero attached hydrogens (tertiary/aromatic N) is 5. The van der Waals surface area contributed by atoms with Gasteiger partial charge in [-0.3, -0.25) is 4.79 Å². The second-order valence-corrected chi connectivity index (χ2v) is 9.07. The van der Waals surface area contributed by atoms with Crippen molar-refractivity contribution in [3.8, 4) is 5.69 Å². The molecular formula is C24H24ClFN6O2. The van der Waals surface area contributed by atoms with E-state index in [9.17, 15) is 9.18 Å². The molecule has 34 heavy (non-hydrogen) atoms. The lowest BCUT2D eigenvalue weighted by molar-refractivity contribution is 0.0538. The quantitative estimate of drug-likeness (QED) is 0.437. The normalized spacial score (nSPS) is 18.4. The van der Waals surface area contributed by atoms with E-state index >= 15 is 0 Å². The predicted molar refractivity (Wildman–Crippen MR) is 127 cm³/mol. The summed E-state index contributed by atoms with van der Waals surface area (Å²) >= 11 is 6.05. The summed E-state index contributed by atoms with van der Waals surface area (Å²) in [5.41, 5.74) is 2.38. The van der Waals surface area contributed by atoms with Crippen molar-refractivity contribution in [1.29, 1.82) is 0 Å². The molecule has 0 radical (unpaired) electrons. The van der Waals surface area contributed by atoms with Crippen LogP contribution in [-0.2, 0) is 0 Å². The van der Waals surface area contributed by atoms with E-state index in [2.05, 4.69) is 27.4 Å². The molecule has 4 aromatic rings. The second kappa shape index (κ2) is 9.06. The minimum absolute atomic E-state index is 0.108. The van der Waals surface area contributed by atoms with Crippen molar-refractivity contribution >= 4 is 34.6 Å². The lowest BCUT2D eigenvalue weighted by Crippen LogP contribution is -2.51. The summed E-state index contributed by atoms with van der Waals surface area (Å²) in [5.74, 6) is -0.347. The maximum atomic E-state index is 14.4. The van der Waals surface area contributed by atoms with Gasteiger partial charge >= 0.3 is 0 Å². The van der Waals surface area contributed by atoms with E-state index in [4.69, 9.17) is 16.0 Å². The van der Waals surface area contributed by atoms with Gasteiger partial charge in [0.25, 0.3) is 11.9 Å². The fourth-order valence-corrected chi connectivity index (χ4v) is 4.65. The van der Waals surface area contributed by atoms with Crippen LogP contribution in [0.15, 0.2) is 47.1 Å². The van der Waals surface area contributed by atoms with Crippen molar-refractivity contribution in [2.75, 3.05) is 18.4 Å². The highest BCUT2D eigenvalue weighted by Crippen LogP contribution is 2.29. The molecule has 0 saturated carbocycles. The predicted octanol–water partition coefficient (Wildman–Crippen LogP) is 4.86. The number of anilines is 1.